The van der Waals surface area contributed by atoms with E-state index in [0.717, 1.165) is 11.1 Å². The predicted molar refractivity (Wildman–Crippen MR) is 80.4 cm³/mol. The largest absolute Gasteiger partial charge is 0.320 e. The average molecular weight is 282 g/mol. The van der Waals surface area contributed by atoms with Gasteiger partial charge in [-0.2, -0.15) is 0 Å². The van der Waals surface area contributed by atoms with Crippen molar-refractivity contribution in [1.29, 1.82) is 0 Å². The summed E-state index contributed by atoms with van der Waals surface area (Å²) in [6.07, 6.45) is 0. The Morgan fingerprint density at radius 3 is 2.38 bits per heavy atom. The highest BCUT2D eigenvalue weighted by Crippen LogP contribution is 2.63. The first-order chi connectivity index (χ1) is 9.89. The van der Waals surface area contributed by atoms with E-state index in [1.165, 1.54) is 4.90 Å². The Balaban J connectivity index is 1.91. The lowest BCUT2D eigenvalue weighted by Gasteiger charge is -2.21. The molecule has 2 amide bonds. The van der Waals surface area contributed by atoms with Gasteiger partial charge in [-0.15, -0.1) is 0 Å². The molecule has 0 bridgehead atoms. The van der Waals surface area contributed by atoms with Crippen molar-refractivity contribution in [2.24, 2.45) is 23.0 Å². The molecule has 21 heavy (non-hydrogen) atoms. The van der Waals surface area contributed by atoms with E-state index in [1.807, 2.05) is 32.9 Å². The van der Waals surface area contributed by atoms with Crippen molar-refractivity contribution in [1.82, 2.24) is 0 Å². The lowest BCUT2D eigenvalue weighted by atomic mass is 10.0. The lowest BCUT2D eigenvalue weighted by molar-refractivity contribution is -0.125. The van der Waals surface area contributed by atoms with E-state index >= 15 is 0 Å². The maximum absolute atomic E-state index is 12.4. The Morgan fingerprint density at radius 1 is 1.24 bits per heavy atom. The van der Waals surface area contributed by atoms with E-state index in [0.29, 0.717) is 12.2 Å². The summed E-state index contributed by atoms with van der Waals surface area (Å²) in [4.78, 5) is 26.1. The molecule has 1 aromatic carbocycles. The first kappa shape index (κ1) is 13.8. The smallest absolute Gasteiger partial charge is 0.238 e. The van der Waals surface area contributed by atoms with Crippen LogP contribution in [0.25, 0.3) is 0 Å². The van der Waals surface area contributed by atoms with Crippen LogP contribution in [0.5, 0.6) is 0 Å². The van der Waals surface area contributed by atoms with Crippen molar-refractivity contribution < 1.29 is 9.59 Å². The molecule has 2 fully saturated rings. The van der Waals surface area contributed by atoms with Crippen molar-refractivity contribution in [3.8, 4) is 11.8 Å². The molecule has 4 heteroatoms. The number of imide groups is 1. The number of nitrogens with two attached hydrogens (primary N) is 1. The molecule has 2 unspecified atom stereocenters. The first-order valence-electron chi connectivity index (χ1n) is 7.07. The predicted octanol–water partition coefficient (Wildman–Crippen LogP) is 1.45. The van der Waals surface area contributed by atoms with Crippen LogP contribution < -0.4 is 10.6 Å². The van der Waals surface area contributed by atoms with Crippen molar-refractivity contribution in [3.63, 3.8) is 0 Å². The molecule has 1 saturated heterocycles. The number of rotatable bonds is 1. The summed E-state index contributed by atoms with van der Waals surface area (Å²) in [6, 6.07) is 5.46. The van der Waals surface area contributed by atoms with E-state index < -0.39 is 0 Å². The van der Waals surface area contributed by atoms with Crippen LogP contribution in [-0.4, -0.2) is 18.4 Å². The summed E-state index contributed by atoms with van der Waals surface area (Å²) in [5.41, 5.74) is 7.64. The summed E-state index contributed by atoms with van der Waals surface area (Å²) >= 11 is 0. The van der Waals surface area contributed by atoms with Crippen LogP contribution in [0.3, 0.4) is 0 Å². The van der Waals surface area contributed by atoms with Gasteiger partial charge < -0.3 is 5.73 Å². The van der Waals surface area contributed by atoms with Gasteiger partial charge in [0.15, 0.2) is 0 Å². The van der Waals surface area contributed by atoms with Gasteiger partial charge in [0.05, 0.1) is 24.1 Å². The third kappa shape index (κ3) is 1.89. The van der Waals surface area contributed by atoms with Gasteiger partial charge in [0.2, 0.25) is 11.8 Å². The van der Waals surface area contributed by atoms with Crippen molar-refractivity contribution in [2.75, 3.05) is 11.4 Å². The van der Waals surface area contributed by atoms with Crippen LogP contribution in [0, 0.1) is 36.0 Å². The number of carbonyl (C=O) groups is 2. The number of carbonyl (C=O) groups excluding carboxylic acids is 2. The highest BCUT2D eigenvalue weighted by molar-refractivity contribution is 6.25. The normalized spacial score (nSPS) is 25.4. The first-order valence-corrected chi connectivity index (χ1v) is 7.07. The van der Waals surface area contributed by atoms with Crippen LogP contribution in [-0.2, 0) is 9.59 Å². The zero-order chi connectivity index (χ0) is 15.4. The van der Waals surface area contributed by atoms with Gasteiger partial charge in [-0.1, -0.05) is 25.7 Å². The third-order valence-corrected chi connectivity index (χ3v) is 4.59. The minimum atomic E-state index is -0.174. The second-order valence-electron chi connectivity index (χ2n) is 6.29. The molecule has 2 N–H and O–H groups in total. The zero-order valence-electron chi connectivity index (χ0n) is 12.4. The van der Waals surface area contributed by atoms with E-state index in [9.17, 15) is 9.59 Å². The third-order valence-electron chi connectivity index (χ3n) is 4.59. The van der Waals surface area contributed by atoms with E-state index in [2.05, 4.69) is 11.8 Å². The maximum Gasteiger partial charge on any atom is 0.238 e. The van der Waals surface area contributed by atoms with E-state index in [1.54, 1.807) is 6.07 Å². The quantitative estimate of drug-likeness (QED) is 0.626. The zero-order valence-corrected chi connectivity index (χ0v) is 12.4. The molecule has 0 radical (unpaired) electrons. The van der Waals surface area contributed by atoms with Gasteiger partial charge in [-0.3, -0.25) is 14.5 Å². The number of piperidine rings is 1. The molecule has 2 atom stereocenters. The van der Waals surface area contributed by atoms with E-state index in [-0.39, 0.29) is 29.1 Å². The van der Waals surface area contributed by atoms with Gasteiger partial charge in [-0.05, 0) is 36.1 Å². The highest BCUT2D eigenvalue weighted by atomic mass is 16.2. The molecule has 1 aliphatic heterocycles. The molecular weight excluding hydrogens is 264 g/mol. The molecule has 1 aliphatic carbocycles. The van der Waals surface area contributed by atoms with Crippen molar-refractivity contribution in [2.45, 2.75) is 20.8 Å². The second-order valence-corrected chi connectivity index (χ2v) is 6.29. The Kier molecular flexibility index (Phi) is 2.93. The van der Waals surface area contributed by atoms with Crippen LogP contribution >= 0.6 is 0 Å². The van der Waals surface area contributed by atoms with Crippen LogP contribution in [0.1, 0.15) is 25.0 Å². The molecule has 2 aliphatic rings. The van der Waals surface area contributed by atoms with Gasteiger partial charge in [0.1, 0.15) is 0 Å². The summed E-state index contributed by atoms with van der Waals surface area (Å²) in [5.74, 6) is 5.34. The van der Waals surface area contributed by atoms with Crippen molar-refractivity contribution in [3.05, 3.63) is 29.3 Å². The Hall–Kier alpha value is -2.12. The SMILES string of the molecule is Cc1cc(N2C(=O)C3C(C2=O)C3(C)C)ccc1C#CCN. The van der Waals surface area contributed by atoms with Gasteiger partial charge in [0, 0.05) is 5.56 Å². The standard InChI is InChI=1S/C17H18N2O2/c1-10-9-12(7-6-11(10)5-4-8-18)19-15(20)13-14(16(19)21)17(13,2)3/h6-7,9,13-14H,8,18H2,1-3H3. The summed E-state index contributed by atoms with van der Waals surface area (Å²) < 4.78 is 0. The summed E-state index contributed by atoms with van der Waals surface area (Å²) in [6.45, 7) is 6.18. The van der Waals surface area contributed by atoms with E-state index in [4.69, 9.17) is 5.73 Å². The maximum atomic E-state index is 12.4. The van der Waals surface area contributed by atoms with Gasteiger partial charge in [-0.25, -0.2) is 0 Å². The highest BCUT2D eigenvalue weighted by Gasteiger charge is 2.72. The second kappa shape index (κ2) is 4.44. The molecule has 0 spiro atoms. The van der Waals surface area contributed by atoms with Gasteiger partial charge in [0.25, 0.3) is 0 Å². The average Bonchev–Trinajstić information content (AvgIpc) is 2.88. The van der Waals surface area contributed by atoms with Gasteiger partial charge >= 0.3 is 0 Å². The topological polar surface area (TPSA) is 63.4 Å². The number of fused-ring (bicyclic) bond motifs is 1. The molecular formula is C17H18N2O2. The fourth-order valence-electron chi connectivity index (χ4n) is 3.27. The minimum absolute atomic E-state index is 0.0739. The number of nitrogens with zero attached hydrogens (tertiary/aromatic N) is 1. The van der Waals surface area contributed by atoms with Crippen LogP contribution in [0.2, 0.25) is 0 Å². The van der Waals surface area contributed by atoms with Crippen LogP contribution in [0.4, 0.5) is 5.69 Å². The van der Waals surface area contributed by atoms with Crippen molar-refractivity contribution >= 4 is 17.5 Å². The number of hydrogen-bond donors (Lipinski definition) is 1. The molecule has 108 valence electrons. The Morgan fingerprint density at radius 2 is 1.86 bits per heavy atom. The fraction of sp³-hybridized carbons (Fsp3) is 0.412. The lowest BCUT2D eigenvalue weighted by Crippen LogP contribution is -2.36. The molecule has 1 aromatic rings. The molecule has 0 aromatic heterocycles. The Labute approximate surface area is 124 Å². The minimum Gasteiger partial charge on any atom is -0.320 e. The molecule has 4 nitrogen and oxygen atoms in total. The summed E-state index contributed by atoms with van der Waals surface area (Å²) in [5, 5.41) is 0. The number of aryl methyl sites for hydroxylation is 1. The number of hydrogen-bond acceptors (Lipinski definition) is 3. The fourth-order valence-corrected chi connectivity index (χ4v) is 3.27. The Bertz CT molecular complexity index is 685. The number of amides is 2. The van der Waals surface area contributed by atoms with Crippen LogP contribution in [0.15, 0.2) is 18.2 Å². The monoisotopic (exact) mass is 282 g/mol. The summed E-state index contributed by atoms with van der Waals surface area (Å²) in [7, 11) is 0. The molecule has 1 heterocycles. The number of benzene rings is 1. The number of anilines is 1. The molecule has 3 rings (SSSR count). The molecule has 1 saturated carbocycles.